The number of hydrogen-bond donors (Lipinski definition) is 0. The van der Waals surface area contributed by atoms with Gasteiger partial charge in [-0.15, -0.1) is 0 Å². The highest BCUT2D eigenvalue weighted by Gasteiger charge is 2.28. The molecule has 0 bridgehead atoms. The van der Waals surface area contributed by atoms with E-state index >= 15 is 0 Å². The van der Waals surface area contributed by atoms with Gasteiger partial charge in [-0.2, -0.15) is 0 Å². The zero-order chi connectivity index (χ0) is 37.4. The van der Waals surface area contributed by atoms with Crippen molar-refractivity contribution in [2.75, 3.05) is 65.5 Å². The van der Waals surface area contributed by atoms with Crippen molar-refractivity contribution >= 4 is 0 Å². The van der Waals surface area contributed by atoms with Crippen LogP contribution in [0.4, 0.5) is 0 Å². The normalized spacial score (nSPS) is 24.1. The maximum absolute atomic E-state index is 5.68. The first kappa shape index (κ1) is 59.5. The Morgan fingerprint density at radius 3 is 1.11 bits per heavy atom. The van der Waals surface area contributed by atoms with Crippen LogP contribution in [-0.4, -0.2) is 132 Å². The van der Waals surface area contributed by atoms with Gasteiger partial charge in [-0.05, 0) is 151 Å². The summed E-state index contributed by atoms with van der Waals surface area (Å²) in [4.78, 5) is 12.8. The molecule has 0 aromatic heterocycles. The molecule has 6 nitrogen and oxygen atoms in total. The third-order valence-corrected chi connectivity index (χ3v) is 12.2. The van der Waals surface area contributed by atoms with E-state index in [-0.39, 0.29) is 29.7 Å². The molecule has 4 aliphatic heterocycles. The van der Waals surface area contributed by atoms with Gasteiger partial charge in [-0.3, -0.25) is 19.6 Å². The first-order chi connectivity index (χ1) is 22.8. The highest BCUT2D eigenvalue weighted by atomic mass is 16.5. The van der Waals surface area contributed by atoms with Crippen molar-refractivity contribution in [2.45, 2.75) is 215 Å². The lowest BCUT2D eigenvalue weighted by Crippen LogP contribution is -2.50. The number of ether oxygens (including phenoxy) is 1. The van der Waals surface area contributed by atoms with Gasteiger partial charge in [0.15, 0.2) is 0 Å². The molecule has 0 aliphatic carbocycles. The van der Waals surface area contributed by atoms with Crippen LogP contribution in [0.5, 0.6) is 0 Å². The van der Waals surface area contributed by atoms with Gasteiger partial charge in [0, 0.05) is 75.5 Å². The Kier molecular flexibility index (Phi) is 34.6. The lowest BCUT2D eigenvalue weighted by Gasteiger charge is -2.41. The van der Waals surface area contributed by atoms with Crippen LogP contribution in [0, 0.1) is 29.6 Å². The minimum absolute atomic E-state index is 0. The Bertz CT molecular complexity index is 719. The van der Waals surface area contributed by atoms with Crippen molar-refractivity contribution < 1.29 is 4.74 Å². The van der Waals surface area contributed by atoms with Crippen LogP contribution >= 0.6 is 0 Å². The predicted molar refractivity (Wildman–Crippen MR) is 245 cm³/mol. The second-order valence-electron chi connectivity index (χ2n) is 18.4. The van der Waals surface area contributed by atoms with E-state index in [1.807, 2.05) is 0 Å². The lowest BCUT2D eigenvalue weighted by molar-refractivity contribution is -0.0591. The molecule has 0 spiro atoms. The monoisotopic (exact) mass is 758 g/mol. The number of likely N-dealkylation sites (tertiary alicyclic amines) is 2. The Balaban J connectivity index is -0.000000295. The van der Waals surface area contributed by atoms with Gasteiger partial charge >= 0.3 is 0 Å². The standard InChI is InChI=1S/C12H25N.C11H23N.C10H22N2.C10H21NO.4CH4/c1-9(2)12-6-7-13(10(3)4)11(5)8-12;2*1-9(2)11-5-7-12(8-6-11)10(3)4;1-8(2)10-7-11(9(3)4)5-6-12-10;;;;/h9-12H,6-8H2,1-5H3;9-11H,5-8H2,1-4H3;9-10H,5-8H2,1-4H3;8-10H,5-7H2,1-4H3;4*1H4. The summed E-state index contributed by atoms with van der Waals surface area (Å²) in [6, 6.07) is 4.37. The molecule has 326 valence electrons. The largest absolute Gasteiger partial charge is 0.375 e. The van der Waals surface area contributed by atoms with Crippen LogP contribution in [0.2, 0.25) is 0 Å². The molecule has 6 heteroatoms. The third kappa shape index (κ3) is 22.9. The first-order valence-electron chi connectivity index (χ1n) is 21.2. The zero-order valence-corrected chi connectivity index (χ0v) is 36.5. The average molecular weight is 758 g/mol. The third-order valence-electron chi connectivity index (χ3n) is 12.2. The van der Waals surface area contributed by atoms with Crippen LogP contribution < -0.4 is 0 Å². The summed E-state index contributed by atoms with van der Waals surface area (Å²) in [6.45, 7) is 51.2. The molecule has 0 saturated carbocycles. The summed E-state index contributed by atoms with van der Waals surface area (Å²) in [5.74, 6) is 4.35. The maximum atomic E-state index is 5.68. The summed E-state index contributed by atoms with van der Waals surface area (Å²) in [5, 5.41) is 0. The minimum atomic E-state index is 0. The van der Waals surface area contributed by atoms with E-state index in [1.54, 1.807) is 0 Å². The van der Waals surface area contributed by atoms with E-state index in [4.69, 9.17) is 4.74 Å². The number of hydrogen-bond acceptors (Lipinski definition) is 6. The van der Waals surface area contributed by atoms with E-state index in [0.29, 0.717) is 18.1 Å². The van der Waals surface area contributed by atoms with Crippen molar-refractivity contribution in [3.63, 3.8) is 0 Å². The summed E-state index contributed by atoms with van der Waals surface area (Å²) >= 11 is 0. The van der Waals surface area contributed by atoms with E-state index < -0.39 is 0 Å². The van der Waals surface area contributed by atoms with Crippen LogP contribution in [0.3, 0.4) is 0 Å². The number of piperidine rings is 2. The van der Waals surface area contributed by atoms with E-state index in [9.17, 15) is 0 Å². The van der Waals surface area contributed by atoms with Gasteiger partial charge in [0.2, 0.25) is 0 Å². The molecule has 0 amide bonds. The van der Waals surface area contributed by atoms with Crippen molar-refractivity contribution in [3.8, 4) is 0 Å². The van der Waals surface area contributed by atoms with E-state index in [1.165, 1.54) is 71.5 Å². The van der Waals surface area contributed by atoms with Crippen molar-refractivity contribution in [1.29, 1.82) is 0 Å². The highest BCUT2D eigenvalue weighted by molar-refractivity contribution is 4.82. The first-order valence-corrected chi connectivity index (χ1v) is 21.2. The molecule has 53 heavy (non-hydrogen) atoms. The Morgan fingerprint density at radius 2 is 0.792 bits per heavy atom. The second-order valence-corrected chi connectivity index (χ2v) is 18.4. The summed E-state index contributed by atoms with van der Waals surface area (Å²) < 4.78 is 5.68. The molecule has 4 aliphatic rings. The molecule has 0 radical (unpaired) electrons. The number of piperazine rings is 1. The molecule has 0 aromatic rings. The molecular formula is C47H107N5O. The van der Waals surface area contributed by atoms with Crippen molar-refractivity contribution in [1.82, 2.24) is 24.5 Å². The molecule has 4 heterocycles. The maximum Gasteiger partial charge on any atom is 0.0725 e. The fraction of sp³-hybridized carbons (Fsp3) is 1.00. The molecule has 0 aromatic carbocycles. The van der Waals surface area contributed by atoms with Gasteiger partial charge in [0.1, 0.15) is 0 Å². The lowest BCUT2D eigenvalue weighted by atomic mass is 9.83. The predicted octanol–water partition coefficient (Wildman–Crippen LogP) is 11.6. The van der Waals surface area contributed by atoms with Gasteiger partial charge in [0.05, 0.1) is 12.7 Å². The summed E-state index contributed by atoms with van der Waals surface area (Å²) in [6.07, 6.45) is 6.07. The van der Waals surface area contributed by atoms with Gasteiger partial charge < -0.3 is 9.64 Å². The Morgan fingerprint density at radius 1 is 0.415 bits per heavy atom. The average Bonchev–Trinajstić information content (AvgIpc) is 3.05. The van der Waals surface area contributed by atoms with Crippen LogP contribution in [0.25, 0.3) is 0 Å². The quantitative estimate of drug-likeness (QED) is 0.245. The molecule has 4 saturated heterocycles. The number of nitrogens with zero attached hydrogens (tertiary/aromatic N) is 5. The van der Waals surface area contributed by atoms with Crippen LogP contribution in [0.1, 0.15) is 173 Å². The van der Waals surface area contributed by atoms with Crippen molar-refractivity contribution in [3.05, 3.63) is 0 Å². The van der Waals surface area contributed by atoms with Crippen molar-refractivity contribution in [2.24, 2.45) is 29.6 Å². The Labute approximate surface area is 338 Å². The van der Waals surface area contributed by atoms with E-state index in [0.717, 1.165) is 73.6 Å². The fourth-order valence-corrected chi connectivity index (χ4v) is 8.04. The van der Waals surface area contributed by atoms with Gasteiger partial charge in [-0.25, -0.2) is 0 Å². The minimum Gasteiger partial charge on any atom is -0.375 e. The second kappa shape index (κ2) is 30.8. The van der Waals surface area contributed by atoms with Crippen LogP contribution in [0.15, 0.2) is 0 Å². The van der Waals surface area contributed by atoms with Gasteiger partial charge in [-0.1, -0.05) is 71.2 Å². The Hall–Kier alpha value is -0.240. The summed E-state index contributed by atoms with van der Waals surface area (Å²) in [7, 11) is 0. The summed E-state index contributed by atoms with van der Waals surface area (Å²) in [5.41, 5.74) is 0. The van der Waals surface area contributed by atoms with Gasteiger partial charge in [0.25, 0.3) is 0 Å². The molecule has 3 atom stereocenters. The SMILES string of the molecule is C.C.C.C.CC(C)C1CCN(C(C)C)C(C)C1.CC(C)C1CCN(C(C)C)CC1.CC(C)C1CN(C(C)C)CCO1.CC(C)N1CCN(C(C)C)CC1. The number of rotatable bonds is 8. The molecule has 4 rings (SSSR count). The topological polar surface area (TPSA) is 25.4 Å². The van der Waals surface area contributed by atoms with E-state index in [2.05, 4.69) is 142 Å². The molecule has 0 N–H and O–H groups in total. The smallest absolute Gasteiger partial charge is 0.0725 e. The molecule has 4 fully saturated rings. The zero-order valence-electron chi connectivity index (χ0n) is 36.5. The number of morpholine rings is 1. The highest BCUT2D eigenvalue weighted by Crippen LogP contribution is 2.29. The molecule has 3 unspecified atom stereocenters. The fourth-order valence-electron chi connectivity index (χ4n) is 8.04. The van der Waals surface area contributed by atoms with Crippen LogP contribution in [-0.2, 0) is 4.74 Å². The molecular weight excluding hydrogens is 651 g/mol.